The second-order valence-corrected chi connectivity index (χ2v) is 7.71. The number of aromatic nitrogens is 1. The van der Waals surface area contributed by atoms with E-state index in [0.29, 0.717) is 5.56 Å². The predicted octanol–water partition coefficient (Wildman–Crippen LogP) is 6.07. The van der Waals surface area contributed by atoms with Gasteiger partial charge in [0.05, 0.1) is 15.1 Å². The molecular weight excluding hydrogens is 368 g/mol. The molecule has 0 fully saturated rings. The van der Waals surface area contributed by atoms with Gasteiger partial charge in [-0.05, 0) is 42.6 Å². The third kappa shape index (κ3) is 3.18. The molecule has 0 aliphatic rings. The third-order valence-electron chi connectivity index (χ3n) is 3.94. The van der Waals surface area contributed by atoms with Crippen molar-refractivity contribution in [2.45, 2.75) is 13.0 Å². The van der Waals surface area contributed by atoms with E-state index in [1.165, 1.54) is 17.4 Å². The van der Waals surface area contributed by atoms with Crippen LogP contribution in [0.5, 0.6) is 5.75 Å². The maximum atomic E-state index is 11.6. The predicted molar refractivity (Wildman–Crippen MR) is 105 cm³/mol. The van der Waals surface area contributed by atoms with Crippen LogP contribution in [0.4, 0.5) is 5.69 Å². The first kappa shape index (κ1) is 16.7. The number of ether oxygens (including phenoxy) is 1. The van der Waals surface area contributed by atoms with E-state index in [9.17, 15) is 10.1 Å². The number of nitrogens with zero attached hydrogens (tertiary/aromatic N) is 2. The molecule has 7 heteroatoms. The van der Waals surface area contributed by atoms with Crippen LogP contribution < -0.4 is 4.74 Å². The molecule has 4 rings (SSSR count). The van der Waals surface area contributed by atoms with Gasteiger partial charge in [-0.25, -0.2) is 4.98 Å². The van der Waals surface area contributed by atoms with Crippen LogP contribution in [0.3, 0.4) is 0 Å². The molecule has 2 aromatic carbocycles. The number of hydrogen-bond donors (Lipinski definition) is 0. The fourth-order valence-electron chi connectivity index (χ4n) is 2.66. The van der Waals surface area contributed by atoms with Crippen molar-refractivity contribution >= 4 is 38.6 Å². The Morgan fingerprint density at radius 3 is 2.73 bits per heavy atom. The molecule has 130 valence electrons. The van der Waals surface area contributed by atoms with E-state index in [1.807, 2.05) is 54.8 Å². The van der Waals surface area contributed by atoms with Crippen molar-refractivity contribution < 1.29 is 9.66 Å². The van der Waals surface area contributed by atoms with Gasteiger partial charge in [0.15, 0.2) is 5.75 Å². The van der Waals surface area contributed by atoms with Crippen LogP contribution in [0.1, 0.15) is 17.9 Å². The molecule has 26 heavy (non-hydrogen) atoms. The summed E-state index contributed by atoms with van der Waals surface area (Å²) < 4.78 is 6.91. The minimum absolute atomic E-state index is 0.0508. The molecule has 0 N–H and O–H groups in total. The maximum absolute atomic E-state index is 11.6. The molecule has 1 atom stereocenters. The van der Waals surface area contributed by atoms with E-state index >= 15 is 0 Å². The summed E-state index contributed by atoms with van der Waals surface area (Å²) in [7, 11) is 0. The molecule has 0 aliphatic heterocycles. The van der Waals surface area contributed by atoms with Gasteiger partial charge >= 0.3 is 5.69 Å². The average molecular weight is 382 g/mol. The van der Waals surface area contributed by atoms with Crippen molar-refractivity contribution in [2.75, 3.05) is 0 Å². The van der Waals surface area contributed by atoms with Gasteiger partial charge in [-0.3, -0.25) is 10.1 Å². The van der Waals surface area contributed by atoms with Gasteiger partial charge in [-0.1, -0.05) is 18.2 Å². The molecule has 0 bridgehead atoms. The fraction of sp³-hybridized carbons (Fsp3) is 0.105. The normalized spacial score (nSPS) is 12.2. The zero-order chi connectivity index (χ0) is 18.1. The zero-order valence-corrected chi connectivity index (χ0v) is 15.4. The summed E-state index contributed by atoms with van der Waals surface area (Å²) in [5, 5.41) is 14.3. The van der Waals surface area contributed by atoms with E-state index in [1.54, 1.807) is 17.4 Å². The number of nitro groups is 1. The lowest BCUT2D eigenvalue weighted by atomic mass is 10.2. The summed E-state index contributed by atoms with van der Waals surface area (Å²) in [5.41, 5.74) is 1.56. The first-order chi connectivity index (χ1) is 12.6. The maximum Gasteiger partial charge on any atom is 0.311 e. The van der Waals surface area contributed by atoms with E-state index in [2.05, 4.69) is 4.98 Å². The summed E-state index contributed by atoms with van der Waals surface area (Å²) >= 11 is 3.08. The van der Waals surface area contributed by atoms with Crippen molar-refractivity contribution in [3.05, 3.63) is 75.0 Å². The minimum Gasteiger partial charge on any atom is -0.478 e. The highest BCUT2D eigenvalue weighted by Crippen LogP contribution is 2.37. The lowest BCUT2D eigenvalue weighted by Gasteiger charge is -2.13. The minimum atomic E-state index is -0.409. The third-order valence-corrected chi connectivity index (χ3v) is 6.06. The molecule has 0 radical (unpaired) electrons. The molecule has 5 nitrogen and oxygen atoms in total. The van der Waals surface area contributed by atoms with Gasteiger partial charge in [0.1, 0.15) is 11.1 Å². The van der Waals surface area contributed by atoms with Crippen LogP contribution in [0, 0.1) is 10.1 Å². The second-order valence-electron chi connectivity index (χ2n) is 5.70. The number of hydrogen-bond acceptors (Lipinski definition) is 6. The van der Waals surface area contributed by atoms with Crippen molar-refractivity contribution in [1.29, 1.82) is 0 Å². The average Bonchev–Trinajstić information content (AvgIpc) is 3.31. The number of fused-ring (bicyclic) bond motifs is 1. The lowest BCUT2D eigenvalue weighted by molar-refractivity contribution is -0.386. The number of rotatable bonds is 5. The van der Waals surface area contributed by atoms with Gasteiger partial charge in [0.2, 0.25) is 0 Å². The zero-order valence-electron chi connectivity index (χ0n) is 13.8. The standard InChI is InChI=1S/C19H14N2O3S2/c1-12(17-7-4-10-25-17)24-16-9-8-13(11-15(16)21(22)23)19-20-14-5-2-3-6-18(14)26-19/h2-12H,1H3. The molecular formula is C19H14N2O3S2. The lowest BCUT2D eigenvalue weighted by Crippen LogP contribution is -2.03. The number of benzene rings is 2. The Morgan fingerprint density at radius 1 is 1.15 bits per heavy atom. The fourth-order valence-corrected chi connectivity index (χ4v) is 4.33. The monoisotopic (exact) mass is 382 g/mol. The van der Waals surface area contributed by atoms with E-state index in [0.717, 1.165) is 20.1 Å². The number of thiophene rings is 1. The molecule has 0 amide bonds. The molecule has 4 aromatic rings. The van der Waals surface area contributed by atoms with Crippen LogP contribution in [0.25, 0.3) is 20.8 Å². The number of nitro benzene ring substituents is 1. The summed E-state index contributed by atoms with van der Waals surface area (Å²) in [5.74, 6) is 0.265. The Labute approximate surface area is 157 Å². The molecule has 0 saturated heterocycles. The van der Waals surface area contributed by atoms with Gasteiger partial charge in [-0.15, -0.1) is 22.7 Å². The van der Waals surface area contributed by atoms with Gasteiger partial charge in [0, 0.05) is 16.5 Å². The van der Waals surface area contributed by atoms with Gasteiger partial charge < -0.3 is 4.74 Å². The summed E-state index contributed by atoms with van der Waals surface area (Å²) in [6.45, 7) is 1.89. The van der Waals surface area contributed by atoms with Crippen molar-refractivity contribution in [2.24, 2.45) is 0 Å². The molecule has 0 aliphatic carbocycles. The summed E-state index contributed by atoms with van der Waals surface area (Å²) in [4.78, 5) is 16.7. The van der Waals surface area contributed by atoms with Crippen LogP contribution in [-0.4, -0.2) is 9.91 Å². The van der Waals surface area contributed by atoms with E-state index in [4.69, 9.17) is 4.74 Å². The second kappa shape index (κ2) is 6.86. The summed E-state index contributed by atoms with van der Waals surface area (Å²) in [6, 6.07) is 16.7. The smallest absolute Gasteiger partial charge is 0.311 e. The molecule has 2 heterocycles. The van der Waals surface area contributed by atoms with Gasteiger partial charge in [0.25, 0.3) is 0 Å². The largest absolute Gasteiger partial charge is 0.478 e. The summed E-state index contributed by atoms with van der Waals surface area (Å²) in [6.07, 6.45) is -0.248. The number of para-hydroxylation sites is 1. The first-order valence-corrected chi connectivity index (χ1v) is 9.66. The first-order valence-electron chi connectivity index (χ1n) is 7.96. The Hall–Kier alpha value is -2.77. The highest BCUT2D eigenvalue weighted by atomic mass is 32.1. The van der Waals surface area contributed by atoms with Crippen LogP contribution in [0.2, 0.25) is 0 Å². The SMILES string of the molecule is CC(Oc1ccc(-c2nc3ccccc3s2)cc1[N+](=O)[O-])c1cccs1. The van der Waals surface area contributed by atoms with Crippen molar-refractivity contribution in [3.8, 4) is 16.3 Å². The highest BCUT2D eigenvalue weighted by molar-refractivity contribution is 7.21. The van der Waals surface area contributed by atoms with Crippen molar-refractivity contribution in [3.63, 3.8) is 0 Å². The van der Waals surface area contributed by atoms with Crippen molar-refractivity contribution in [1.82, 2.24) is 4.98 Å². The Balaban J connectivity index is 1.70. The van der Waals surface area contributed by atoms with Crippen LogP contribution >= 0.6 is 22.7 Å². The van der Waals surface area contributed by atoms with E-state index < -0.39 is 4.92 Å². The van der Waals surface area contributed by atoms with Gasteiger partial charge in [-0.2, -0.15) is 0 Å². The quantitative estimate of drug-likeness (QED) is 0.310. The topological polar surface area (TPSA) is 65.3 Å². The highest BCUT2D eigenvalue weighted by Gasteiger charge is 2.20. The van der Waals surface area contributed by atoms with Crippen LogP contribution in [-0.2, 0) is 0 Å². The van der Waals surface area contributed by atoms with E-state index in [-0.39, 0.29) is 17.5 Å². The van der Waals surface area contributed by atoms with Crippen LogP contribution in [0.15, 0.2) is 60.0 Å². The molecule has 0 spiro atoms. The molecule has 1 unspecified atom stereocenters. The Morgan fingerprint density at radius 2 is 2.00 bits per heavy atom. The molecule has 0 saturated carbocycles. The Kier molecular flexibility index (Phi) is 4.40. The number of thiazole rings is 1. The molecule has 2 aromatic heterocycles. The Bertz CT molecular complexity index is 1040.